The molecule has 0 amide bonds. The molecule has 2 heterocycles. The quantitative estimate of drug-likeness (QED) is 0.405. The summed E-state index contributed by atoms with van der Waals surface area (Å²) >= 11 is 6.31. The Bertz CT molecular complexity index is 728. The second-order valence-electron chi connectivity index (χ2n) is 5.96. The minimum Gasteiger partial charge on any atom is -0.367 e. The number of guanidine groups is 1. The van der Waals surface area contributed by atoms with Gasteiger partial charge in [0.05, 0.1) is 22.9 Å². The van der Waals surface area contributed by atoms with Crippen molar-refractivity contribution in [2.24, 2.45) is 4.99 Å². The Hall–Kier alpha value is -1.48. The van der Waals surface area contributed by atoms with E-state index in [-0.39, 0.29) is 24.0 Å². The standard InChI is InChI=1S/C18H24ClN5O.HI/c1-3-14-12-15(25-22-14)13-21-18(20-2)24-10-8-23(9-11-24)17-7-5-4-6-16(17)19;/h4-7,12H,3,8-11,13H2,1-2H3,(H,20,21);1H. The molecule has 0 atom stereocenters. The van der Waals surface area contributed by atoms with Crippen LogP contribution in [0.25, 0.3) is 0 Å². The minimum absolute atomic E-state index is 0. The summed E-state index contributed by atoms with van der Waals surface area (Å²) in [5.74, 6) is 1.71. The number of aromatic nitrogens is 1. The van der Waals surface area contributed by atoms with E-state index in [2.05, 4.69) is 38.3 Å². The molecule has 0 saturated carbocycles. The average Bonchev–Trinajstić information content (AvgIpc) is 3.11. The Morgan fingerprint density at radius 1 is 1.27 bits per heavy atom. The third-order valence-electron chi connectivity index (χ3n) is 4.37. The van der Waals surface area contributed by atoms with Crippen LogP contribution in [0.15, 0.2) is 39.8 Å². The average molecular weight is 490 g/mol. The predicted octanol–water partition coefficient (Wildman–Crippen LogP) is 3.41. The highest BCUT2D eigenvalue weighted by Gasteiger charge is 2.21. The van der Waals surface area contributed by atoms with Gasteiger partial charge in [-0.05, 0) is 18.6 Å². The first kappa shape index (κ1) is 20.8. The molecule has 1 saturated heterocycles. The summed E-state index contributed by atoms with van der Waals surface area (Å²) in [5.41, 5.74) is 2.07. The second kappa shape index (κ2) is 10.0. The Balaban J connectivity index is 0.00000243. The van der Waals surface area contributed by atoms with Crippen LogP contribution < -0.4 is 10.2 Å². The second-order valence-corrected chi connectivity index (χ2v) is 6.37. The molecule has 26 heavy (non-hydrogen) atoms. The summed E-state index contributed by atoms with van der Waals surface area (Å²) in [6.07, 6.45) is 0.877. The number of piperazine rings is 1. The molecular weight excluding hydrogens is 465 g/mol. The van der Waals surface area contributed by atoms with E-state index in [1.165, 1.54) is 0 Å². The van der Waals surface area contributed by atoms with Crippen LogP contribution in [0.4, 0.5) is 5.69 Å². The largest absolute Gasteiger partial charge is 0.367 e. The van der Waals surface area contributed by atoms with Crippen LogP contribution in [-0.2, 0) is 13.0 Å². The number of halogens is 2. The van der Waals surface area contributed by atoms with E-state index in [0.29, 0.717) is 6.54 Å². The van der Waals surface area contributed by atoms with E-state index < -0.39 is 0 Å². The first-order chi connectivity index (χ1) is 12.2. The zero-order valence-corrected chi connectivity index (χ0v) is 18.2. The van der Waals surface area contributed by atoms with Gasteiger partial charge in [0, 0.05) is 39.3 Å². The Kier molecular flexibility index (Phi) is 8.02. The Morgan fingerprint density at radius 2 is 2.00 bits per heavy atom. The highest BCUT2D eigenvalue weighted by atomic mass is 127. The molecule has 0 aliphatic carbocycles. The lowest BCUT2D eigenvalue weighted by Gasteiger charge is -2.37. The van der Waals surface area contributed by atoms with Crippen molar-refractivity contribution in [2.45, 2.75) is 19.9 Å². The number of aryl methyl sites for hydroxylation is 1. The summed E-state index contributed by atoms with van der Waals surface area (Å²) in [4.78, 5) is 8.96. The third kappa shape index (κ3) is 5.03. The van der Waals surface area contributed by atoms with E-state index in [0.717, 1.165) is 60.7 Å². The number of hydrogen-bond acceptors (Lipinski definition) is 4. The lowest BCUT2D eigenvalue weighted by Crippen LogP contribution is -2.52. The number of nitrogens with zero attached hydrogens (tertiary/aromatic N) is 4. The molecule has 1 fully saturated rings. The highest BCUT2D eigenvalue weighted by Crippen LogP contribution is 2.26. The molecule has 0 bridgehead atoms. The monoisotopic (exact) mass is 489 g/mol. The normalized spacial score (nSPS) is 15.0. The van der Waals surface area contributed by atoms with E-state index in [1.807, 2.05) is 24.3 Å². The molecule has 1 aromatic heterocycles. The summed E-state index contributed by atoms with van der Waals surface area (Å²) in [6.45, 7) is 6.25. The lowest BCUT2D eigenvalue weighted by molar-refractivity contribution is 0.356. The Labute approximate surface area is 176 Å². The zero-order chi connectivity index (χ0) is 17.6. The number of aliphatic imine (C=N–C) groups is 1. The molecule has 1 aliphatic rings. The molecule has 2 aromatic rings. The van der Waals surface area contributed by atoms with Crippen molar-refractivity contribution < 1.29 is 4.52 Å². The van der Waals surface area contributed by atoms with Crippen molar-refractivity contribution in [1.29, 1.82) is 0 Å². The first-order valence-electron chi connectivity index (χ1n) is 8.60. The van der Waals surface area contributed by atoms with Crippen LogP contribution in [0.3, 0.4) is 0 Å². The smallest absolute Gasteiger partial charge is 0.194 e. The molecule has 8 heteroatoms. The summed E-state index contributed by atoms with van der Waals surface area (Å²) in [5, 5.41) is 8.17. The number of hydrogen-bond donors (Lipinski definition) is 1. The van der Waals surface area contributed by atoms with Crippen molar-refractivity contribution in [1.82, 2.24) is 15.4 Å². The molecule has 1 aliphatic heterocycles. The number of anilines is 1. The highest BCUT2D eigenvalue weighted by molar-refractivity contribution is 14.0. The van der Waals surface area contributed by atoms with Gasteiger partial charge in [-0.25, -0.2) is 0 Å². The van der Waals surface area contributed by atoms with Crippen LogP contribution in [-0.4, -0.2) is 49.2 Å². The molecular formula is C18H25ClIN5O. The van der Waals surface area contributed by atoms with Gasteiger partial charge in [0.1, 0.15) is 0 Å². The van der Waals surface area contributed by atoms with Crippen molar-refractivity contribution in [3.05, 3.63) is 46.8 Å². The lowest BCUT2D eigenvalue weighted by atomic mass is 10.2. The molecule has 6 nitrogen and oxygen atoms in total. The van der Waals surface area contributed by atoms with Crippen LogP contribution >= 0.6 is 35.6 Å². The van der Waals surface area contributed by atoms with Gasteiger partial charge in [-0.3, -0.25) is 4.99 Å². The van der Waals surface area contributed by atoms with Crippen LogP contribution in [0, 0.1) is 0 Å². The van der Waals surface area contributed by atoms with E-state index in [4.69, 9.17) is 16.1 Å². The van der Waals surface area contributed by atoms with Gasteiger partial charge >= 0.3 is 0 Å². The van der Waals surface area contributed by atoms with Crippen molar-refractivity contribution >= 4 is 47.2 Å². The van der Waals surface area contributed by atoms with Gasteiger partial charge in [0.2, 0.25) is 0 Å². The van der Waals surface area contributed by atoms with Crippen molar-refractivity contribution in [2.75, 3.05) is 38.1 Å². The summed E-state index contributed by atoms with van der Waals surface area (Å²) in [6, 6.07) is 9.97. The van der Waals surface area contributed by atoms with E-state index in [9.17, 15) is 0 Å². The molecule has 3 rings (SSSR count). The molecule has 142 valence electrons. The van der Waals surface area contributed by atoms with Gasteiger partial charge in [-0.2, -0.15) is 0 Å². The maximum atomic E-state index is 6.31. The summed E-state index contributed by atoms with van der Waals surface area (Å²) in [7, 11) is 1.81. The van der Waals surface area contributed by atoms with E-state index in [1.54, 1.807) is 7.05 Å². The topological polar surface area (TPSA) is 56.9 Å². The number of nitrogens with one attached hydrogen (secondary N) is 1. The van der Waals surface area contributed by atoms with Gasteiger partial charge in [-0.15, -0.1) is 24.0 Å². The minimum atomic E-state index is 0. The maximum absolute atomic E-state index is 6.31. The molecule has 0 spiro atoms. The summed E-state index contributed by atoms with van der Waals surface area (Å²) < 4.78 is 5.32. The van der Waals surface area contributed by atoms with Gasteiger partial charge in [-0.1, -0.05) is 35.8 Å². The Morgan fingerprint density at radius 3 is 2.62 bits per heavy atom. The first-order valence-corrected chi connectivity index (χ1v) is 8.98. The van der Waals surface area contributed by atoms with Crippen LogP contribution in [0.2, 0.25) is 5.02 Å². The SMILES string of the molecule is CCc1cc(CNC(=NC)N2CCN(c3ccccc3Cl)CC2)on1.I. The van der Waals surface area contributed by atoms with Gasteiger partial charge < -0.3 is 19.6 Å². The number of para-hydroxylation sites is 1. The van der Waals surface area contributed by atoms with Gasteiger partial charge in [0.25, 0.3) is 0 Å². The van der Waals surface area contributed by atoms with Crippen LogP contribution in [0.1, 0.15) is 18.4 Å². The van der Waals surface area contributed by atoms with Crippen molar-refractivity contribution in [3.63, 3.8) is 0 Å². The predicted molar refractivity (Wildman–Crippen MR) is 117 cm³/mol. The third-order valence-corrected chi connectivity index (χ3v) is 4.69. The number of benzene rings is 1. The molecule has 0 radical (unpaired) electrons. The fourth-order valence-electron chi connectivity index (χ4n) is 2.97. The fraction of sp³-hybridized carbons (Fsp3) is 0.444. The van der Waals surface area contributed by atoms with Gasteiger partial charge in [0.15, 0.2) is 11.7 Å². The molecule has 1 N–H and O–H groups in total. The van der Waals surface area contributed by atoms with Crippen LogP contribution in [0.5, 0.6) is 0 Å². The fourth-order valence-corrected chi connectivity index (χ4v) is 3.23. The van der Waals surface area contributed by atoms with E-state index >= 15 is 0 Å². The molecule has 0 unspecified atom stereocenters. The zero-order valence-electron chi connectivity index (χ0n) is 15.1. The number of rotatable bonds is 4. The van der Waals surface area contributed by atoms with Crippen molar-refractivity contribution in [3.8, 4) is 0 Å². The maximum Gasteiger partial charge on any atom is 0.194 e. The molecule has 1 aromatic carbocycles.